The van der Waals surface area contributed by atoms with Gasteiger partial charge in [0.25, 0.3) is 0 Å². The summed E-state index contributed by atoms with van der Waals surface area (Å²) in [6.07, 6.45) is 35.5. The third-order valence-electron chi connectivity index (χ3n) is 9.62. The molecule has 3 heteroatoms. The molecule has 0 saturated carbocycles. The van der Waals surface area contributed by atoms with Crippen LogP contribution in [-0.2, 0) is 25.7 Å². The van der Waals surface area contributed by atoms with Crippen LogP contribution in [0, 0.1) is 0 Å². The Bertz CT molecular complexity index is 878. The second-order valence-corrected chi connectivity index (χ2v) is 13.9. The zero-order valence-electron chi connectivity index (χ0n) is 31.8. The molecule has 0 aliphatic heterocycles. The van der Waals surface area contributed by atoms with Crippen LogP contribution in [-0.4, -0.2) is 48.9 Å². The maximum Gasteiger partial charge on any atom is 2.00 e. The first-order valence-corrected chi connectivity index (χ1v) is 20.1. The van der Waals surface area contributed by atoms with Gasteiger partial charge in [0.1, 0.15) is 0 Å². The van der Waals surface area contributed by atoms with Gasteiger partial charge in [-0.1, -0.05) is 204 Å². The number of unbranched alkanes of at least 4 members (excludes halogenated alkanes) is 20. The average Bonchev–Trinajstić information content (AvgIpc) is 3.06. The number of rotatable bonds is 28. The molecule has 0 unspecified atom stereocenters. The van der Waals surface area contributed by atoms with Gasteiger partial charge in [-0.25, -0.2) is 0 Å². The normalized spacial score (nSPS) is 10.8. The molecule has 0 aromatic heterocycles. The van der Waals surface area contributed by atoms with Crippen molar-refractivity contribution in [3.8, 4) is 11.5 Å². The van der Waals surface area contributed by atoms with Crippen LogP contribution >= 0.6 is 0 Å². The van der Waals surface area contributed by atoms with E-state index in [4.69, 9.17) is 0 Å². The van der Waals surface area contributed by atoms with E-state index in [2.05, 4.69) is 39.8 Å². The van der Waals surface area contributed by atoms with Gasteiger partial charge in [0, 0.05) is 0 Å². The molecule has 0 spiro atoms. The van der Waals surface area contributed by atoms with Crippen LogP contribution in [0.25, 0.3) is 0 Å². The van der Waals surface area contributed by atoms with Gasteiger partial charge in [0.15, 0.2) is 0 Å². The zero-order valence-corrected chi connectivity index (χ0v) is 36.2. The minimum atomic E-state index is 0. The van der Waals surface area contributed by atoms with Gasteiger partial charge in [0.05, 0.1) is 0 Å². The van der Waals surface area contributed by atoms with Crippen LogP contribution in [0.1, 0.15) is 204 Å². The molecular formula is C44H74BaO2. The number of hydrogen-bond acceptors (Lipinski definition) is 2. The fourth-order valence-corrected chi connectivity index (χ4v) is 6.61. The molecule has 0 heterocycles. The first-order chi connectivity index (χ1) is 22.6. The fourth-order valence-electron chi connectivity index (χ4n) is 6.61. The Morgan fingerprint density at radius 3 is 0.894 bits per heavy atom. The monoisotopic (exact) mass is 772 g/mol. The first-order valence-electron chi connectivity index (χ1n) is 20.1. The van der Waals surface area contributed by atoms with Gasteiger partial charge in [-0.05, 0) is 62.5 Å². The van der Waals surface area contributed by atoms with Crippen molar-refractivity contribution >= 4 is 48.9 Å². The van der Waals surface area contributed by atoms with Crippen molar-refractivity contribution in [1.82, 2.24) is 0 Å². The molecule has 0 atom stereocenters. The molecule has 2 aromatic rings. The summed E-state index contributed by atoms with van der Waals surface area (Å²) in [4.78, 5) is 0. The third kappa shape index (κ3) is 24.4. The van der Waals surface area contributed by atoms with Crippen LogP contribution in [0.3, 0.4) is 0 Å². The van der Waals surface area contributed by atoms with Crippen LogP contribution in [0.2, 0.25) is 0 Å². The van der Waals surface area contributed by atoms with E-state index in [0.29, 0.717) is 0 Å². The van der Waals surface area contributed by atoms with Crippen LogP contribution < -0.4 is 10.2 Å². The van der Waals surface area contributed by atoms with Gasteiger partial charge < -0.3 is 10.2 Å². The van der Waals surface area contributed by atoms with Crippen molar-refractivity contribution in [2.75, 3.05) is 0 Å². The van der Waals surface area contributed by atoms with Gasteiger partial charge in [-0.3, -0.25) is 0 Å². The Balaban J connectivity index is 0.000000882. The molecular weight excluding hydrogens is 698 g/mol. The molecule has 47 heavy (non-hydrogen) atoms. The molecule has 0 amide bonds. The second kappa shape index (κ2) is 34.1. The summed E-state index contributed by atoms with van der Waals surface area (Å²) in [5.41, 5.74) is 4.86. The van der Waals surface area contributed by atoms with Gasteiger partial charge >= 0.3 is 48.9 Å². The van der Waals surface area contributed by atoms with Crippen molar-refractivity contribution < 1.29 is 10.2 Å². The molecule has 0 aliphatic rings. The Labute approximate surface area is 333 Å². The van der Waals surface area contributed by atoms with Gasteiger partial charge in [-0.2, -0.15) is 0 Å². The van der Waals surface area contributed by atoms with E-state index in [1.54, 1.807) is 12.1 Å². The molecule has 264 valence electrons. The SMILES string of the molecule is CCCCCCCCc1cccc([O-])c1CCCCCCCC.CCCCCCCCc1cccc([O-])c1CCCCCCCC.[Ba+2]. The van der Waals surface area contributed by atoms with E-state index in [0.717, 1.165) is 36.8 Å². The average molecular weight is 772 g/mol. The van der Waals surface area contributed by atoms with Crippen molar-refractivity contribution in [1.29, 1.82) is 0 Å². The predicted octanol–water partition coefficient (Wildman–Crippen LogP) is 12.8. The standard InChI is InChI=1S/2C22H38O.Ba/c2*1-3-5-7-9-11-13-16-20-17-15-19-22(23)21(20)18-14-12-10-8-6-4-2;/h2*15,17,19,23H,3-14,16,18H2,1-2H3;/q;;+2/p-2. The topological polar surface area (TPSA) is 46.1 Å². The van der Waals surface area contributed by atoms with Crippen molar-refractivity contribution in [2.45, 2.75) is 207 Å². The molecule has 0 N–H and O–H groups in total. The Hall–Kier alpha value is -0.389. The molecule has 0 aliphatic carbocycles. The van der Waals surface area contributed by atoms with E-state index in [-0.39, 0.29) is 60.4 Å². The fraction of sp³-hybridized carbons (Fsp3) is 0.727. The summed E-state index contributed by atoms with van der Waals surface area (Å²) in [6, 6.07) is 11.7. The summed E-state index contributed by atoms with van der Waals surface area (Å²) < 4.78 is 0. The van der Waals surface area contributed by atoms with Crippen LogP contribution in [0.15, 0.2) is 36.4 Å². The number of benzene rings is 2. The van der Waals surface area contributed by atoms with E-state index in [1.807, 2.05) is 12.1 Å². The Morgan fingerprint density at radius 1 is 0.340 bits per heavy atom. The summed E-state index contributed by atoms with van der Waals surface area (Å²) in [5, 5.41) is 24.4. The van der Waals surface area contributed by atoms with Crippen molar-refractivity contribution in [3.63, 3.8) is 0 Å². The molecule has 0 radical (unpaired) electrons. The van der Waals surface area contributed by atoms with Crippen molar-refractivity contribution in [2.24, 2.45) is 0 Å². The van der Waals surface area contributed by atoms with E-state index in [9.17, 15) is 10.2 Å². The third-order valence-corrected chi connectivity index (χ3v) is 9.62. The Kier molecular flexibility index (Phi) is 33.8. The molecule has 0 fully saturated rings. The first kappa shape index (κ1) is 46.6. The van der Waals surface area contributed by atoms with E-state index >= 15 is 0 Å². The van der Waals surface area contributed by atoms with Gasteiger partial charge in [-0.15, -0.1) is 11.5 Å². The molecule has 2 nitrogen and oxygen atoms in total. The van der Waals surface area contributed by atoms with E-state index < -0.39 is 0 Å². The summed E-state index contributed by atoms with van der Waals surface area (Å²) >= 11 is 0. The largest absolute Gasteiger partial charge is 2.00 e. The summed E-state index contributed by atoms with van der Waals surface area (Å²) in [6.45, 7) is 9.02. The zero-order chi connectivity index (χ0) is 33.5. The smallest absolute Gasteiger partial charge is 0.872 e. The minimum Gasteiger partial charge on any atom is -0.872 e. The second-order valence-electron chi connectivity index (χ2n) is 13.9. The maximum absolute atomic E-state index is 12.2. The van der Waals surface area contributed by atoms with Crippen LogP contribution in [0.4, 0.5) is 0 Å². The van der Waals surface area contributed by atoms with Crippen LogP contribution in [0.5, 0.6) is 11.5 Å². The van der Waals surface area contributed by atoms with E-state index in [1.165, 1.54) is 165 Å². The van der Waals surface area contributed by atoms with Crippen molar-refractivity contribution in [3.05, 3.63) is 58.7 Å². The molecule has 0 saturated heterocycles. The number of aryl methyl sites for hydroxylation is 2. The maximum atomic E-state index is 12.2. The number of hydrogen-bond donors (Lipinski definition) is 0. The quantitative estimate of drug-likeness (QED) is 0.0639. The molecule has 2 rings (SSSR count). The molecule has 2 aromatic carbocycles. The summed E-state index contributed by atoms with van der Waals surface area (Å²) in [5.74, 6) is 0.532. The molecule has 0 bridgehead atoms. The van der Waals surface area contributed by atoms with Gasteiger partial charge in [0.2, 0.25) is 0 Å². The Morgan fingerprint density at radius 2 is 0.596 bits per heavy atom. The predicted molar refractivity (Wildman–Crippen MR) is 206 cm³/mol. The summed E-state index contributed by atoms with van der Waals surface area (Å²) in [7, 11) is 0. The minimum absolute atomic E-state index is 0.